The Labute approximate surface area is 195 Å². The lowest BCUT2D eigenvalue weighted by Crippen LogP contribution is -2.40. The van der Waals surface area contributed by atoms with Gasteiger partial charge in [-0.25, -0.2) is 0 Å². The molecule has 0 saturated carbocycles. The van der Waals surface area contributed by atoms with Gasteiger partial charge in [0.1, 0.15) is 5.75 Å². The summed E-state index contributed by atoms with van der Waals surface area (Å²) in [7, 11) is 0. The number of unbranched alkanes of at least 4 members (excludes halogenated alkanes) is 1. The summed E-state index contributed by atoms with van der Waals surface area (Å²) in [6.45, 7) is 5.54. The van der Waals surface area contributed by atoms with Crippen LogP contribution in [0.25, 0.3) is 0 Å². The average Bonchev–Trinajstić information content (AvgIpc) is 2.77. The second kappa shape index (κ2) is 11.9. The van der Waals surface area contributed by atoms with Crippen LogP contribution in [-0.2, 0) is 0 Å². The summed E-state index contributed by atoms with van der Waals surface area (Å²) in [5.74, 6) is 1.02. The monoisotopic (exact) mass is 463 g/mol. The van der Waals surface area contributed by atoms with Crippen molar-refractivity contribution in [3.63, 3.8) is 0 Å². The quantitative estimate of drug-likeness (QED) is 0.447. The summed E-state index contributed by atoms with van der Waals surface area (Å²) >= 11 is 12.3. The van der Waals surface area contributed by atoms with Crippen molar-refractivity contribution < 1.29 is 14.6 Å². The van der Waals surface area contributed by atoms with Crippen molar-refractivity contribution in [2.45, 2.75) is 45.1 Å². The summed E-state index contributed by atoms with van der Waals surface area (Å²) in [4.78, 5) is 15.0. The molecule has 3 rings (SSSR count). The van der Waals surface area contributed by atoms with Gasteiger partial charge in [0.05, 0.1) is 17.7 Å². The molecule has 6 heteroatoms. The Morgan fingerprint density at radius 1 is 1.16 bits per heavy atom. The van der Waals surface area contributed by atoms with Gasteiger partial charge in [-0.1, -0.05) is 43.0 Å². The van der Waals surface area contributed by atoms with Crippen LogP contribution < -0.4 is 4.74 Å². The number of carbonyl (C=O) groups is 1. The summed E-state index contributed by atoms with van der Waals surface area (Å²) in [6.07, 6.45) is 4.98. The first kappa shape index (κ1) is 24.1. The minimum Gasteiger partial charge on any atom is -0.493 e. The summed E-state index contributed by atoms with van der Waals surface area (Å²) in [5, 5.41) is 11.1. The highest BCUT2D eigenvalue weighted by molar-refractivity contribution is 6.35. The standard InChI is InChI=1S/C25H31Cl2NO3/c1-2-3-4-21(29)16-28-13-11-18(12-14-28)17-31-22-9-10-23(24(27)15-22)25(30)19-5-7-20(26)8-6-19/h5-10,15,18,21,29H,2-4,11-14,16-17H2,1H3/t21-/m0/s1. The predicted octanol–water partition coefficient (Wildman–Crippen LogP) is 5.87. The molecular weight excluding hydrogens is 433 g/mol. The van der Waals surface area contributed by atoms with Crippen LogP contribution in [0.4, 0.5) is 0 Å². The number of nitrogens with zero attached hydrogens (tertiary/aromatic N) is 1. The lowest BCUT2D eigenvalue weighted by molar-refractivity contribution is 0.0738. The Kier molecular flexibility index (Phi) is 9.21. The number of carbonyl (C=O) groups excluding carboxylic acids is 1. The SMILES string of the molecule is CCCC[C@H](O)CN1CCC(COc2ccc(C(=O)c3ccc(Cl)cc3)c(Cl)c2)CC1. The molecule has 1 fully saturated rings. The Bertz CT molecular complexity index is 848. The number of hydrogen-bond donors (Lipinski definition) is 1. The Hall–Kier alpha value is -1.59. The fourth-order valence-electron chi connectivity index (χ4n) is 3.91. The van der Waals surface area contributed by atoms with Crippen molar-refractivity contribution in [3.05, 3.63) is 63.6 Å². The third kappa shape index (κ3) is 7.21. The second-order valence-electron chi connectivity index (χ2n) is 8.33. The predicted molar refractivity (Wildman–Crippen MR) is 127 cm³/mol. The molecular formula is C25H31Cl2NO3. The fourth-order valence-corrected chi connectivity index (χ4v) is 4.29. The summed E-state index contributed by atoms with van der Waals surface area (Å²) in [5.41, 5.74) is 0.998. The van der Waals surface area contributed by atoms with Gasteiger partial charge in [-0.3, -0.25) is 4.79 Å². The van der Waals surface area contributed by atoms with E-state index in [4.69, 9.17) is 27.9 Å². The Morgan fingerprint density at radius 3 is 2.52 bits per heavy atom. The van der Waals surface area contributed by atoms with Gasteiger partial charge in [-0.05, 0) is 80.7 Å². The number of piperidine rings is 1. The molecule has 2 aromatic carbocycles. The maximum absolute atomic E-state index is 12.7. The third-order valence-electron chi connectivity index (χ3n) is 5.84. The molecule has 0 unspecified atom stereocenters. The van der Waals surface area contributed by atoms with E-state index in [2.05, 4.69) is 11.8 Å². The van der Waals surface area contributed by atoms with E-state index in [1.807, 2.05) is 0 Å². The van der Waals surface area contributed by atoms with Gasteiger partial charge in [0.2, 0.25) is 0 Å². The van der Waals surface area contributed by atoms with Crippen molar-refractivity contribution in [3.8, 4) is 5.75 Å². The normalized spacial score (nSPS) is 16.3. The van der Waals surface area contributed by atoms with Gasteiger partial charge in [-0.2, -0.15) is 0 Å². The van der Waals surface area contributed by atoms with Crippen LogP contribution >= 0.6 is 23.2 Å². The van der Waals surface area contributed by atoms with E-state index < -0.39 is 0 Å². The molecule has 0 spiro atoms. The smallest absolute Gasteiger partial charge is 0.194 e. The van der Waals surface area contributed by atoms with Crippen molar-refractivity contribution in [2.24, 2.45) is 5.92 Å². The van der Waals surface area contributed by atoms with Gasteiger partial charge in [-0.15, -0.1) is 0 Å². The zero-order chi connectivity index (χ0) is 22.2. The van der Waals surface area contributed by atoms with Gasteiger partial charge in [0.15, 0.2) is 5.78 Å². The molecule has 1 N–H and O–H groups in total. The minimum atomic E-state index is -0.219. The molecule has 1 heterocycles. The highest BCUT2D eigenvalue weighted by Crippen LogP contribution is 2.27. The Morgan fingerprint density at radius 2 is 1.87 bits per heavy atom. The average molecular weight is 464 g/mol. The summed E-state index contributed by atoms with van der Waals surface area (Å²) in [6, 6.07) is 12.0. The lowest BCUT2D eigenvalue weighted by atomic mass is 9.97. The first-order chi connectivity index (χ1) is 15.0. The molecule has 2 aromatic rings. The highest BCUT2D eigenvalue weighted by Gasteiger charge is 2.22. The molecule has 1 aliphatic heterocycles. The number of hydrogen-bond acceptors (Lipinski definition) is 4. The number of ketones is 1. The first-order valence-electron chi connectivity index (χ1n) is 11.1. The van der Waals surface area contributed by atoms with Gasteiger partial charge in [0.25, 0.3) is 0 Å². The number of aliphatic hydroxyl groups excluding tert-OH is 1. The van der Waals surface area contributed by atoms with Crippen molar-refractivity contribution in [2.75, 3.05) is 26.2 Å². The molecule has 1 saturated heterocycles. The van der Waals surface area contributed by atoms with Crippen LogP contribution in [0.15, 0.2) is 42.5 Å². The van der Waals surface area contributed by atoms with Crippen LogP contribution in [0.2, 0.25) is 10.0 Å². The van der Waals surface area contributed by atoms with Crippen LogP contribution in [0.3, 0.4) is 0 Å². The van der Waals surface area contributed by atoms with E-state index >= 15 is 0 Å². The second-order valence-corrected chi connectivity index (χ2v) is 9.17. The molecule has 1 aliphatic rings. The molecule has 168 valence electrons. The van der Waals surface area contributed by atoms with Gasteiger partial charge < -0.3 is 14.7 Å². The van der Waals surface area contributed by atoms with Crippen molar-refractivity contribution >= 4 is 29.0 Å². The van der Waals surface area contributed by atoms with Gasteiger partial charge >= 0.3 is 0 Å². The molecule has 0 aromatic heterocycles. The summed E-state index contributed by atoms with van der Waals surface area (Å²) < 4.78 is 5.97. The van der Waals surface area contributed by atoms with Crippen LogP contribution in [0.5, 0.6) is 5.75 Å². The van der Waals surface area contributed by atoms with Crippen molar-refractivity contribution in [1.29, 1.82) is 0 Å². The van der Waals surface area contributed by atoms with E-state index in [1.165, 1.54) is 0 Å². The third-order valence-corrected chi connectivity index (χ3v) is 6.41. The largest absolute Gasteiger partial charge is 0.493 e. The Balaban J connectivity index is 1.47. The number of ether oxygens (including phenoxy) is 1. The van der Waals surface area contributed by atoms with E-state index in [0.717, 1.165) is 51.7 Å². The minimum absolute atomic E-state index is 0.137. The lowest BCUT2D eigenvalue weighted by Gasteiger charge is -2.33. The zero-order valence-corrected chi connectivity index (χ0v) is 19.5. The topological polar surface area (TPSA) is 49.8 Å². The number of aliphatic hydroxyl groups is 1. The number of likely N-dealkylation sites (tertiary alicyclic amines) is 1. The molecule has 0 amide bonds. The molecule has 31 heavy (non-hydrogen) atoms. The van der Waals surface area contributed by atoms with Crippen molar-refractivity contribution in [1.82, 2.24) is 4.90 Å². The number of β-amino-alcohol motifs (C(OH)–C–C–N with tert-alkyl or cyclic N) is 1. The molecule has 0 bridgehead atoms. The maximum atomic E-state index is 12.7. The number of benzene rings is 2. The van der Waals surface area contributed by atoms with Crippen LogP contribution in [0, 0.1) is 5.92 Å². The van der Waals surface area contributed by atoms with Gasteiger partial charge in [0, 0.05) is 22.7 Å². The van der Waals surface area contributed by atoms with E-state index in [9.17, 15) is 9.90 Å². The molecule has 0 aliphatic carbocycles. The molecule has 1 atom stereocenters. The highest BCUT2D eigenvalue weighted by atomic mass is 35.5. The first-order valence-corrected chi connectivity index (χ1v) is 11.8. The number of halogens is 2. The number of rotatable bonds is 10. The fraction of sp³-hybridized carbons (Fsp3) is 0.480. The molecule has 4 nitrogen and oxygen atoms in total. The van der Waals surface area contributed by atoms with E-state index in [0.29, 0.717) is 39.4 Å². The molecule has 0 radical (unpaired) electrons. The van der Waals surface area contributed by atoms with E-state index in [-0.39, 0.29) is 11.9 Å². The maximum Gasteiger partial charge on any atom is 0.194 e. The zero-order valence-electron chi connectivity index (χ0n) is 18.0. The van der Waals surface area contributed by atoms with Crippen LogP contribution in [-0.4, -0.2) is 48.1 Å². The van der Waals surface area contributed by atoms with Crippen LogP contribution in [0.1, 0.15) is 54.9 Å². The van der Waals surface area contributed by atoms with E-state index in [1.54, 1.807) is 42.5 Å².